The second kappa shape index (κ2) is 1.58. The number of nitrogens with zero attached hydrogens (tertiary/aromatic N) is 2. The molecule has 1 aromatic heterocycles. The summed E-state index contributed by atoms with van der Waals surface area (Å²) in [5.41, 5.74) is 0.413. The average Bonchev–Trinajstić information content (AvgIpc) is 2.26. The van der Waals surface area contributed by atoms with Crippen molar-refractivity contribution in [2.75, 3.05) is 0 Å². The Morgan fingerprint density at radius 1 is 1.50 bits per heavy atom. The van der Waals surface area contributed by atoms with Crippen molar-refractivity contribution in [3.63, 3.8) is 0 Å². The van der Waals surface area contributed by atoms with E-state index >= 15 is 0 Å². The lowest BCUT2D eigenvalue weighted by atomic mass is 9.47. The van der Waals surface area contributed by atoms with E-state index in [0.29, 0.717) is 19.3 Å². The third kappa shape index (κ3) is 0.586. The molecule has 3 fully saturated rings. The number of hydrogen-bond donors (Lipinski definition) is 0. The van der Waals surface area contributed by atoms with E-state index in [-0.39, 0.29) is 5.54 Å². The van der Waals surface area contributed by atoms with E-state index in [0.717, 1.165) is 5.56 Å². The van der Waals surface area contributed by atoms with Gasteiger partial charge < -0.3 is 0 Å². The van der Waals surface area contributed by atoms with Crippen molar-refractivity contribution in [1.29, 1.82) is 0 Å². The normalized spacial score (nSPS) is 43.5. The third-order valence-electron chi connectivity index (χ3n) is 3.14. The van der Waals surface area contributed by atoms with E-state index in [4.69, 9.17) is 0 Å². The van der Waals surface area contributed by atoms with Gasteiger partial charge in [0.1, 0.15) is 5.67 Å². The maximum atomic E-state index is 13.2. The molecule has 0 amide bonds. The van der Waals surface area contributed by atoms with Gasteiger partial charge in [-0.2, -0.15) is 5.10 Å². The Morgan fingerprint density at radius 3 is 2.58 bits per heavy atom. The van der Waals surface area contributed by atoms with Gasteiger partial charge in [-0.1, -0.05) is 0 Å². The maximum Gasteiger partial charge on any atom is 0.118 e. The summed E-state index contributed by atoms with van der Waals surface area (Å²) < 4.78 is 15.1. The van der Waals surface area contributed by atoms with Crippen molar-refractivity contribution >= 4 is 0 Å². The molecule has 0 unspecified atom stereocenters. The molecule has 3 aliphatic carbocycles. The van der Waals surface area contributed by atoms with Gasteiger partial charge in [-0.3, -0.25) is 4.68 Å². The zero-order valence-corrected chi connectivity index (χ0v) is 7.05. The molecular weight excluding hydrogens is 155 g/mol. The van der Waals surface area contributed by atoms with Gasteiger partial charge in [-0.25, -0.2) is 4.39 Å². The summed E-state index contributed by atoms with van der Waals surface area (Å²) in [6.45, 7) is 2.01. The molecule has 4 rings (SSSR count). The largest absolute Gasteiger partial charge is 0.266 e. The van der Waals surface area contributed by atoms with E-state index < -0.39 is 5.67 Å². The van der Waals surface area contributed by atoms with Crippen LogP contribution in [0.2, 0.25) is 0 Å². The first-order chi connectivity index (χ1) is 5.62. The highest BCUT2D eigenvalue weighted by Crippen LogP contribution is 2.67. The maximum absolute atomic E-state index is 13.2. The van der Waals surface area contributed by atoms with Gasteiger partial charge >= 0.3 is 0 Å². The van der Waals surface area contributed by atoms with Crippen LogP contribution in [0.1, 0.15) is 24.8 Å². The molecule has 12 heavy (non-hydrogen) atoms. The van der Waals surface area contributed by atoms with Gasteiger partial charge in [0.15, 0.2) is 0 Å². The summed E-state index contributed by atoms with van der Waals surface area (Å²) in [5, 5.41) is 4.23. The minimum Gasteiger partial charge on any atom is -0.266 e. The topological polar surface area (TPSA) is 17.8 Å². The number of hydrogen-bond acceptors (Lipinski definition) is 1. The monoisotopic (exact) mass is 166 g/mol. The van der Waals surface area contributed by atoms with Gasteiger partial charge in [0, 0.05) is 25.5 Å². The first kappa shape index (κ1) is 6.63. The molecule has 3 heteroatoms. The van der Waals surface area contributed by atoms with Crippen LogP contribution in [-0.2, 0) is 5.54 Å². The molecule has 0 N–H and O–H groups in total. The van der Waals surface area contributed by atoms with Crippen LogP contribution in [0.15, 0.2) is 12.4 Å². The highest BCUT2D eigenvalue weighted by Gasteiger charge is 2.70. The molecule has 1 aromatic rings. The number of rotatable bonds is 1. The lowest BCUT2D eigenvalue weighted by Gasteiger charge is -2.65. The van der Waals surface area contributed by atoms with Crippen LogP contribution < -0.4 is 0 Å². The van der Waals surface area contributed by atoms with Crippen molar-refractivity contribution < 1.29 is 4.39 Å². The van der Waals surface area contributed by atoms with Crippen molar-refractivity contribution in [2.45, 2.75) is 37.4 Å². The van der Waals surface area contributed by atoms with Crippen molar-refractivity contribution in [2.24, 2.45) is 0 Å². The number of alkyl halides is 1. The Bertz CT molecular complexity index is 322. The fourth-order valence-electron chi connectivity index (χ4n) is 2.53. The third-order valence-corrected chi connectivity index (χ3v) is 3.14. The van der Waals surface area contributed by atoms with Gasteiger partial charge in [0.25, 0.3) is 0 Å². The fourth-order valence-corrected chi connectivity index (χ4v) is 2.53. The van der Waals surface area contributed by atoms with Crippen LogP contribution in [0, 0.1) is 6.92 Å². The minimum atomic E-state index is -0.820. The highest BCUT2D eigenvalue weighted by molar-refractivity contribution is 5.23. The van der Waals surface area contributed by atoms with Crippen molar-refractivity contribution in [3.05, 3.63) is 18.0 Å². The quantitative estimate of drug-likeness (QED) is 0.622. The first-order valence-electron chi connectivity index (χ1n) is 4.33. The Balaban J connectivity index is 1.93. The second-order valence-electron chi connectivity index (χ2n) is 4.37. The first-order valence-corrected chi connectivity index (χ1v) is 4.33. The van der Waals surface area contributed by atoms with Crippen LogP contribution in [0.3, 0.4) is 0 Å². The molecule has 0 atom stereocenters. The SMILES string of the molecule is Cc1cnn([C@]23C[C@@](F)(C2)C3)c1. The summed E-state index contributed by atoms with van der Waals surface area (Å²) in [6.07, 6.45) is 5.90. The van der Waals surface area contributed by atoms with Gasteiger partial charge in [-0.15, -0.1) is 0 Å². The highest BCUT2D eigenvalue weighted by atomic mass is 19.1. The summed E-state index contributed by atoms with van der Waals surface area (Å²) in [5.74, 6) is 0. The van der Waals surface area contributed by atoms with Gasteiger partial charge in [-0.05, 0) is 12.5 Å². The van der Waals surface area contributed by atoms with Crippen LogP contribution in [0.25, 0.3) is 0 Å². The van der Waals surface area contributed by atoms with Crippen LogP contribution in [-0.4, -0.2) is 15.4 Å². The fraction of sp³-hybridized carbons (Fsp3) is 0.667. The van der Waals surface area contributed by atoms with Crippen LogP contribution >= 0.6 is 0 Å². The summed E-state index contributed by atoms with van der Waals surface area (Å²) in [6, 6.07) is 0. The smallest absolute Gasteiger partial charge is 0.118 e. The molecule has 1 heterocycles. The molecule has 0 spiro atoms. The summed E-state index contributed by atoms with van der Waals surface area (Å²) in [4.78, 5) is 0. The average molecular weight is 166 g/mol. The Hall–Kier alpha value is -0.860. The molecular formula is C9H11FN2. The minimum absolute atomic E-state index is 0.0724. The molecule has 0 aromatic carbocycles. The number of halogens is 1. The van der Waals surface area contributed by atoms with E-state index in [9.17, 15) is 4.39 Å². The lowest BCUT2D eigenvalue weighted by Crippen LogP contribution is -2.70. The summed E-state index contributed by atoms with van der Waals surface area (Å²) in [7, 11) is 0. The Kier molecular flexibility index (Phi) is 0.875. The molecule has 0 saturated heterocycles. The zero-order chi connectivity index (χ0) is 8.40. The van der Waals surface area contributed by atoms with Crippen molar-refractivity contribution in [1.82, 2.24) is 9.78 Å². The standard InChI is InChI=1S/C9H11FN2/c1-7-2-11-12(3-7)9-4-8(10,5-9)6-9/h2-3H,4-6H2,1H3/t8-,9-. The molecule has 3 aliphatic rings. The summed E-state index contributed by atoms with van der Waals surface area (Å²) >= 11 is 0. The van der Waals surface area contributed by atoms with E-state index in [2.05, 4.69) is 5.10 Å². The Morgan fingerprint density at radius 2 is 2.17 bits per heavy atom. The van der Waals surface area contributed by atoms with Gasteiger partial charge in [0.05, 0.1) is 11.7 Å². The molecule has 64 valence electrons. The zero-order valence-electron chi connectivity index (χ0n) is 7.05. The molecule has 2 bridgehead atoms. The van der Waals surface area contributed by atoms with E-state index in [1.807, 2.05) is 24.0 Å². The number of aryl methyl sites for hydroxylation is 1. The van der Waals surface area contributed by atoms with Crippen LogP contribution in [0.5, 0.6) is 0 Å². The predicted octanol–water partition coefficient (Wildman–Crippen LogP) is 1.79. The predicted molar refractivity (Wildman–Crippen MR) is 42.6 cm³/mol. The second-order valence-corrected chi connectivity index (χ2v) is 4.37. The number of aromatic nitrogens is 2. The molecule has 3 saturated carbocycles. The van der Waals surface area contributed by atoms with E-state index in [1.165, 1.54) is 0 Å². The Labute approximate surface area is 70.4 Å². The lowest BCUT2D eigenvalue weighted by molar-refractivity contribution is -0.203. The van der Waals surface area contributed by atoms with Crippen molar-refractivity contribution in [3.8, 4) is 0 Å². The van der Waals surface area contributed by atoms with Gasteiger partial charge in [0.2, 0.25) is 0 Å². The molecule has 2 nitrogen and oxygen atoms in total. The van der Waals surface area contributed by atoms with Crippen LogP contribution in [0.4, 0.5) is 4.39 Å². The van der Waals surface area contributed by atoms with E-state index in [1.54, 1.807) is 0 Å². The molecule has 0 radical (unpaired) electrons. The molecule has 0 aliphatic heterocycles.